The van der Waals surface area contributed by atoms with E-state index in [9.17, 15) is 13.2 Å². The van der Waals surface area contributed by atoms with Crippen LogP contribution in [0.2, 0.25) is 5.02 Å². The van der Waals surface area contributed by atoms with Gasteiger partial charge >= 0.3 is 0 Å². The lowest BCUT2D eigenvalue weighted by molar-refractivity contribution is -0.134. The zero-order valence-electron chi connectivity index (χ0n) is 21.3. The number of ether oxygens (including phenoxy) is 1. The Balaban J connectivity index is 1.57. The Labute approximate surface area is 224 Å². The number of nitrogens with zero attached hydrogens (tertiary/aromatic N) is 2. The molecule has 1 fully saturated rings. The molecule has 1 heterocycles. The molecule has 1 atom stereocenters. The molecule has 0 aliphatic carbocycles. The molecule has 0 bridgehead atoms. The summed E-state index contributed by atoms with van der Waals surface area (Å²) in [6.07, 6.45) is 1.51. The number of benzene rings is 3. The Morgan fingerprint density at radius 2 is 1.78 bits per heavy atom. The molecular weight excluding hydrogens is 508 g/mol. The summed E-state index contributed by atoms with van der Waals surface area (Å²) in [6.45, 7) is 3.20. The molecule has 0 aromatic heterocycles. The van der Waals surface area contributed by atoms with Gasteiger partial charge in [-0.25, -0.2) is 8.42 Å². The van der Waals surface area contributed by atoms with E-state index >= 15 is 0 Å². The molecule has 0 N–H and O–H groups in total. The minimum absolute atomic E-state index is 0.0432. The summed E-state index contributed by atoms with van der Waals surface area (Å²) >= 11 is 6.02. The van der Waals surface area contributed by atoms with Crippen molar-refractivity contribution in [1.82, 2.24) is 9.21 Å². The highest BCUT2D eigenvalue weighted by molar-refractivity contribution is 7.89. The van der Waals surface area contributed by atoms with Crippen LogP contribution in [0.3, 0.4) is 0 Å². The zero-order chi connectivity index (χ0) is 26.5. The Morgan fingerprint density at radius 1 is 1.05 bits per heavy atom. The maximum absolute atomic E-state index is 13.6. The SMILES string of the molecule is Cc1cccc(S(=O)(=O)N2CCCC(COc3ccc(Cl)cc3)(CC(=O)N(C)Cc3ccccc3)C2)c1. The number of piperidine rings is 1. The van der Waals surface area contributed by atoms with Crippen molar-refractivity contribution in [3.8, 4) is 5.75 Å². The molecule has 6 nitrogen and oxygen atoms in total. The number of hydrogen-bond acceptors (Lipinski definition) is 4. The monoisotopic (exact) mass is 540 g/mol. The zero-order valence-corrected chi connectivity index (χ0v) is 22.8. The summed E-state index contributed by atoms with van der Waals surface area (Å²) in [4.78, 5) is 15.4. The van der Waals surface area contributed by atoms with Crippen LogP contribution in [-0.2, 0) is 21.4 Å². The van der Waals surface area contributed by atoms with Crippen LogP contribution in [0.5, 0.6) is 5.75 Å². The average molecular weight is 541 g/mol. The van der Waals surface area contributed by atoms with Gasteiger partial charge in [-0.05, 0) is 67.3 Å². The maximum atomic E-state index is 13.6. The third-order valence-corrected chi connectivity index (χ3v) is 8.92. The van der Waals surface area contributed by atoms with Gasteiger partial charge in [-0.15, -0.1) is 0 Å². The second kappa shape index (κ2) is 11.7. The number of amides is 1. The summed E-state index contributed by atoms with van der Waals surface area (Å²) in [7, 11) is -1.93. The summed E-state index contributed by atoms with van der Waals surface area (Å²) in [6, 6.07) is 23.8. The van der Waals surface area contributed by atoms with E-state index in [1.807, 2.05) is 43.3 Å². The highest BCUT2D eigenvalue weighted by atomic mass is 35.5. The van der Waals surface area contributed by atoms with Crippen molar-refractivity contribution in [3.63, 3.8) is 0 Å². The standard InChI is InChI=1S/C29H33ClN2O4S/c1-23-8-6-11-27(18-23)37(34,35)32-17-7-16-29(21-32,22-36-26-14-12-25(30)13-15-26)19-28(33)31(2)20-24-9-4-3-5-10-24/h3-6,8-15,18H,7,16-17,19-22H2,1-2H3. The fraction of sp³-hybridized carbons (Fsp3) is 0.345. The third kappa shape index (κ3) is 6.92. The molecule has 37 heavy (non-hydrogen) atoms. The van der Waals surface area contributed by atoms with Gasteiger partial charge in [-0.2, -0.15) is 4.31 Å². The second-order valence-corrected chi connectivity index (χ2v) is 12.3. The average Bonchev–Trinajstić information content (AvgIpc) is 2.89. The first-order valence-corrected chi connectivity index (χ1v) is 14.2. The molecule has 1 aliphatic heterocycles. The highest BCUT2D eigenvalue weighted by Crippen LogP contribution is 2.37. The van der Waals surface area contributed by atoms with Crippen molar-refractivity contribution in [2.45, 2.75) is 37.6 Å². The van der Waals surface area contributed by atoms with Gasteiger partial charge in [0.2, 0.25) is 15.9 Å². The van der Waals surface area contributed by atoms with E-state index < -0.39 is 15.4 Å². The van der Waals surface area contributed by atoms with Crippen LogP contribution in [0.25, 0.3) is 0 Å². The van der Waals surface area contributed by atoms with E-state index in [4.69, 9.17) is 16.3 Å². The molecule has 3 aromatic carbocycles. The van der Waals surface area contributed by atoms with E-state index in [2.05, 4.69) is 0 Å². The van der Waals surface area contributed by atoms with Crippen LogP contribution in [-0.4, -0.2) is 50.3 Å². The summed E-state index contributed by atoms with van der Waals surface area (Å²) in [5.74, 6) is 0.589. The van der Waals surface area contributed by atoms with Gasteiger partial charge in [0, 0.05) is 43.5 Å². The Morgan fingerprint density at radius 3 is 2.49 bits per heavy atom. The Kier molecular flexibility index (Phi) is 8.57. The van der Waals surface area contributed by atoms with Crippen molar-refractivity contribution >= 4 is 27.5 Å². The number of halogens is 1. The van der Waals surface area contributed by atoms with Crippen LogP contribution in [0.1, 0.15) is 30.4 Å². The van der Waals surface area contributed by atoms with Crippen molar-refractivity contribution in [2.75, 3.05) is 26.7 Å². The molecule has 1 saturated heterocycles. The molecule has 196 valence electrons. The number of carbonyl (C=O) groups is 1. The van der Waals surface area contributed by atoms with Crippen molar-refractivity contribution < 1.29 is 17.9 Å². The first-order chi connectivity index (χ1) is 17.7. The Hall–Kier alpha value is -2.87. The number of rotatable bonds is 9. The van der Waals surface area contributed by atoms with Crippen LogP contribution >= 0.6 is 11.6 Å². The van der Waals surface area contributed by atoms with Crippen LogP contribution < -0.4 is 4.74 Å². The molecule has 1 aliphatic rings. The van der Waals surface area contributed by atoms with E-state index in [-0.39, 0.29) is 30.4 Å². The van der Waals surface area contributed by atoms with E-state index in [0.29, 0.717) is 36.7 Å². The fourth-order valence-electron chi connectivity index (χ4n) is 4.77. The maximum Gasteiger partial charge on any atom is 0.243 e. The van der Waals surface area contributed by atoms with Crippen molar-refractivity contribution in [3.05, 3.63) is 95.0 Å². The molecular formula is C29H33ClN2O4S. The van der Waals surface area contributed by atoms with Gasteiger partial charge in [-0.3, -0.25) is 4.79 Å². The smallest absolute Gasteiger partial charge is 0.243 e. The molecule has 0 spiro atoms. The topological polar surface area (TPSA) is 66.9 Å². The summed E-state index contributed by atoms with van der Waals surface area (Å²) in [5.41, 5.74) is 1.25. The summed E-state index contributed by atoms with van der Waals surface area (Å²) < 4.78 is 34.8. The lowest BCUT2D eigenvalue weighted by Crippen LogP contribution is -2.50. The largest absolute Gasteiger partial charge is 0.493 e. The summed E-state index contributed by atoms with van der Waals surface area (Å²) in [5, 5.41) is 0.605. The normalized spacial score (nSPS) is 18.4. The molecule has 1 amide bonds. The highest BCUT2D eigenvalue weighted by Gasteiger charge is 2.43. The molecule has 4 rings (SSSR count). The first-order valence-electron chi connectivity index (χ1n) is 12.4. The minimum Gasteiger partial charge on any atom is -0.493 e. The van der Waals surface area contributed by atoms with Gasteiger partial charge in [0.25, 0.3) is 0 Å². The number of hydrogen-bond donors (Lipinski definition) is 0. The van der Waals surface area contributed by atoms with Crippen LogP contribution in [0.4, 0.5) is 0 Å². The van der Waals surface area contributed by atoms with Gasteiger partial charge in [-0.1, -0.05) is 54.1 Å². The molecule has 0 saturated carbocycles. The van der Waals surface area contributed by atoms with Gasteiger partial charge in [0.1, 0.15) is 5.75 Å². The number of aryl methyl sites for hydroxylation is 1. The van der Waals surface area contributed by atoms with Crippen LogP contribution in [0.15, 0.2) is 83.8 Å². The van der Waals surface area contributed by atoms with E-state index in [1.54, 1.807) is 54.4 Å². The third-order valence-electron chi connectivity index (χ3n) is 6.83. The van der Waals surface area contributed by atoms with Crippen molar-refractivity contribution in [2.24, 2.45) is 5.41 Å². The molecule has 0 radical (unpaired) electrons. The Bertz CT molecular complexity index is 1320. The molecule has 8 heteroatoms. The van der Waals surface area contributed by atoms with E-state index in [1.165, 1.54) is 4.31 Å². The number of sulfonamides is 1. The van der Waals surface area contributed by atoms with Crippen LogP contribution in [0, 0.1) is 12.3 Å². The van der Waals surface area contributed by atoms with Gasteiger partial charge in [0.15, 0.2) is 0 Å². The quantitative estimate of drug-likeness (QED) is 0.357. The molecule has 1 unspecified atom stereocenters. The number of carbonyl (C=O) groups excluding carboxylic acids is 1. The van der Waals surface area contributed by atoms with E-state index in [0.717, 1.165) is 11.1 Å². The molecule has 3 aromatic rings. The predicted octanol–water partition coefficient (Wildman–Crippen LogP) is 5.55. The predicted molar refractivity (Wildman–Crippen MR) is 146 cm³/mol. The lowest BCUT2D eigenvalue weighted by atomic mass is 9.78. The minimum atomic E-state index is -3.71. The van der Waals surface area contributed by atoms with Gasteiger partial charge in [0.05, 0.1) is 11.5 Å². The first kappa shape index (κ1) is 27.2. The van der Waals surface area contributed by atoms with Gasteiger partial charge < -0.3 is 9.64 Å². The fourth-order valence-corrected chi connectivity index (χ4v) is 6.60. The van der Waals surface area contributed by atoms with Crippen molar-refractivity contribution in [1.29, 1.82) is 0 Å². The lowest BCUT2D eigenvalue weighted by Gasteiger charge is -2.42. The second-order valence-electron chi connectivity index (χ2n) is 9.91.